The van der Waals surface area contributed by atoms with Crippen molar-refractivity contribution in [2.24, 2.45) is 39.5 Å². The van der Waals surface area contributed by atoms with E-state index in [9.17, 15) is 0 Å². The van der Waals surface area contributed by atoms with Gasteiger partial charge in [-0.05, 0) is 80.5 Å². The Hall–Kier alpha value is -1.38. The van der Waals surface area contributed by atoms with E-state index in [2.05, 4.69) is 40.7 Å². The lowest BCUT2D eigenvalue weighted by Gasteiger charge is -2.60. The van der Waals surface area contributed by atoms with E-state index in [0.717, 1.165) is 23.7 Å². The van der Waals surface area contributed by atoms with Gasteiger partial charge in [0.25, 0.3) is 0 Å². The van der Waals surface area contributed by atoms with E-state index in [1.165, 1.54) is 62.8 Å². The van der Waals surface area contributed by atoms with Crippen molar-refractivity contribution in [3.05, 3.63) is 24.8 Å². The largest absolute Gasteiger partial charge is 0.310 e. The molecule has 1 aromatic rings. The van der Waals surface area contributed by atoms with Crippen LogP contribution in [0.15, 0.2) is 29.8 Å². The Balaban J connectivity index is 0.000000932. The van der Waals surface area contributed by atoms with Gasteiger partial charge >= 0.3 is 0 Å². The summed E-state index contributed by atoms with van der Waals surface area (Å²) in [6.45, 7) is 9.19. The summed E-state index contributed by atoms with van der Waals surface area (Å²) in [4.78, 5) is 8.88. The van der Waals surface area contributed by atoms with E-state index in [1.54, 1.807) is 0 Å². The molecule has 3 heteroatoms. The summed E-state index contributed by atoms with van der Waals surface area (Å²) in [7, 11) is 2.00. The van der Waals surface area contributed by atoms with Gasteiger partial charge in [0.1, 0.15) is 0 Å². The number of aliphatic imine (C=N–C) groups is 1. The predicted molar refractivity (Wildman–Crippen MR) is 118 cm³/mol. The van der Waals surface area contributed by atoms with Crippen molar-refractivity contribution in [2.75, 3.05) is 7.05 Å². The van der Waals surface area contributed by atoms with Gasteiger partial charge in [-0.2, -0.15) is 0 Å². The first-order valence-electron chi connectivity index (χ1n) is 11.7. The van der Waals surface area contributed by atoms with Crippen LogP contribution < -0.4 is 0 Å². The number of fused-ring (bicyclic) bond motifs is 5. The van der Waals surface area contributed by atoms with Gasteiger partial charge in [0, 0.05) is 36.3 Å². The zero-order chi connectivity index (χ0) is 19.9. The normalized spacial score (nSPS) is 43.3. The first-order valence-corrected chi connectivity index (χ1v) is 11.7. The van der Waals surface area contributed by atoms with Crippen LogP contribution in [0.25, 0.3) is 5.70 Å². The summed E-state index contributed by atoms with van der Waals surface area (Å²) >= 11 is 0. The molecule has 0 aromatic carbocycles. The minimum atomic E-state index is 0.343. The maximum atomic E-state index is 4.58. The molecule has 3 saturated carbocycles. The number of nitrogens with zero attached hydrogens (tertiary/aromatic N) is 3. The Morgan fingerprint density at radius 1 is 1.11 bits per heavy atom. The van der Waals surface area contributed by atoms with Crippen molar-refractivity contribution in [3.63, 3.8) is 0 Å². The van der Waals surface area contributed by atoms with E-state index in [4.69, 9.17) is 0 Å². The van der Waals surface area contributed by atoms with Crippen molar-refractivity contribution in [2.45, 2.75) is 79.1 Å². The Labute approximate surface area is 171 Å². The molecule has 28 heavy (non-hydrogen) atoms. The lowest BCUT2D eigenvalue weighted by Crippen LogP contribution is -2.53. The van der Waals surface area contributed by atoms with Gasteiger partial charge in [-0.15, -0.1) is 0 Å². The third-order valence-electron chi connectivity index (χ3n) is 9.14. The zero-order valence-electron chi connectivity index (χ0n) is 18.6. The molecule has 0 aliphatic heterocycles. The highest BCUT2D eigenvalue weighted by molar-refractivity contribution is 5.85. The molecule has 1 aromatic heterocycles. The van der Waals surface area contributed by atoms with Crippen LogP contribution in [-0.2, 0) is 0 Å². The van der Waals surface area contributed by atoms with Gasteiger partial charge in [-0.25, -0.2) is 4.98 Å². The molecular weight excluding hydrogens is 342 g/mol. The SMILES string of the molecule is CC.CN=C1CCC2(C)C(CCC3C4CC=C(n5ccnc5)C4(C)CCC32)C1. The van der Waals surface area contributed by atoms with Crippen LogP contribution in [0.3, 0.4) is 0 Å². The molecule has 154 valence electrons. The summed E-state index contributed by atoms with van der Waals surface area (Å²) in [6.07, 6.45) is 19.4. The minimum absolute atomic E-state index is 0.343. The lowest BCUT2D eigenvalue weighted by atomic mass is 9.45. The topological polar surface area (TPSA) is 30.2 Å². The van der Waals surface area contributed by atoms with Gasteiger partial charge in [0.15, 0.2) is 0 Å². The summed E-state index contributed by atoms with van der Waals surface area (Å²) < 4.78 is 2.29. The molecular formula is C25H39N3. The van der Waals surface area contributed by atoms with Gasteiger partial charge in [-0.1, -0.05) is 33.8 Å². The number of aromatic nitrogens is 2. The van der Waals surface area contributed by atoms with Crippen LogP contribution in [0, 0.1) is 34.5 Å². The van der Waals surface area contributed by atoms with Crippen LogP contribution in [0.1, 0.15) is 79.1 Å². The standard InChI is InChI=1S/C23H33N3.C2H6/c1-22-10-8-17(24-3)14-16(22)4-5-18-19-6-7-21(26-13-12-25-15-26)23(19,2)11-9-20(18)22;1-2/h7,12-13,15-16,18-20H,4-6,8-11,14H2,1-3H3;1-2H3. The van der Waals surface area contributed by atoms with Crippen molar-refractivity contribution < 1.29 is 0 Å². The third kappa shape index (κ3) is 2.83. The molecule has 4 aliphatic carbocycles. The molecule has 3 fully saturated rings. The molecule has 1 heterocycles. The monoisotopic (exact) mass is 381 g/mol. The molecule has 0 spiro atoms. The highest BCUT2D eigenvalue weighted by Gasteiger charge is 2.58. The van der Waals surface area contributed by atoms with E-state index < -0.39 is 0 Å². The van der Waals surface area contributed by atoms with E-state index >= 15 is 0 Å². The predicted octanol–water partition coefficient (Wildman–Crippen LogP) is 6.47. The minimum Gasteiger partial charge on any atom is -0.310 e. The molecule has 0 amide bonds. The quantitative estimate of drug-likeness (QED) is 0.548. The molecule has 0 N–H and O–H groups in total. The Morgan fingerprint density at radius 2 is 1.93 bits per heavy atom. The second-order valence-electron chi connectivity index (χ2n) is 9.90. The van der Waals surface area contributed by atoms with Gasteiger partial charge < -0.3 is 4.57 Å². The summed E-state index contributed by atoms with van der Waals surface area (Å²) in [5.74, 6) is 3.54. The summed E-state index contributed by atoms with van der Waals surface area (Å²) in [5, 5.41) is 0. The fourth-order valence-electron chi connectivity index (χ4n) is 7.61. The van der Waals surface area contributed by atoms with Gasteiger partial charge in [0.05, 0.1) is 6.33 Å². The second-order valence-corrected chi connectivity index (χ2v) is 9.90. The van der Waals surface area contributed by atoms with Crippen molar-refractivity contribution >= 4 is 11.4 Å². The summed E-state index contributed by atoms with van der Waals surface area (Å²) in [5.41, 5.74) is 3.90. The molecule has 6 unspecified atom stereocenters. The first kappa shape index (κ1) is 19.9. The molecule has 0 radical (unpaired) electrons. The fourth-order valence-corrected chi connectivity index (χ4v) is 7.61. The smallest absolute Gasteiger partial charge is 0.0989 e. The highest BCUT2D eigenvalue weighted by atomic mass is 15.1. The Bertz CT molecular complexity index is 746. The van der Waals surface area contributed by atoms with Crippen LogP contribution in [-0.4, -0.2) is 22.3 Å². The maximum Gasteiger partial charge on any atom is 0.0989 e. The van der Waals surface area contributed by atoms with E-state index in [-0.39, 0.29) is 0 Å². The lowest BCUT2D eigenvalue weighted by molar-refractivity contribution is -0.0842. The number of hydrogen-bond acceptors (Lipinski definition) is 2. The van der Waals surface area contributed by atoms with Crippen molar-refractivity contribution in [1.29, 1.82) is 0 Å². The average molecular weight is 382 g/mol. The molecule has 6 atom stereocenters. The third-order valence-corrected chi connectivity index (χ3v) is 9.14. The highest BCUT2D eigenvalue weighted by Crippen LogP contribution is 2.66. The first-order chi connectivity index (χ1) is 13.6. The van der Waals surface area contributed by atoms with E-state index in [1.807, 2.05) is 33.4 Å². The van der Waals surface area contributed by atoms with E-state index in [0.29, 0.717) is 10.8 Å². The van der Waals surface area contributed by atoms with Crippen LogP contribution >= 0.6 is 0 Å². The number of rotatable bonds is 1. The maximum absolute atomic E-state index is 4.58. The number of allylic oxidation sites excluding steroid dienone is 2. The van der Waals surface area contributed by atoms with Gasteiger partial charge in [-0.3, -0.25) is 4.99 Å². The average Bonchev–Trinajstić information content (AvgIpc) is 3.35. The molecule has 0 saturated heterocycles. The number of hydrogen-bond donors (Lipinski definition) is 0. The Kier molecular flexibility index (Phi) is 5.31. The van der Waals surface area contributed by atoms with Crippen molar-refractivity contribution in [1.82, 2.24) is 9.55 Å². The zero-order valence-corrected chi connectivity index (χ0v) is 18.6. The van der Waals surface area contributed by atoms with Crippen LogP contribution in [0.5, 0.6) is 0 Å². The summed E-state index contributed by atoms with van der Waals surface area (Å²) in [6, 6.07) is 0. The molecule has 3 nitrogen and oxygen atoms in total. The Morgan fingerprint density at radius 3 is 2.64 bits per heavy atom. The number of imidazole rings is 1. The molecule has 4 aliphatic rings. The van der Waals surface area contributed by atoms with Crippen LogP contribution in [0.4, 0.5) is 0 Å². The fraction of sp³-hybridized carbons (Fsp3) is 0.760. The van der Waals surface area contributed by atoms with Crippen LogP contribution in [0.2, 0.25) is 0 Å². The van der Waals surface area contributed by atoms with Crippen molar-refractivity contribution in [3.8, 4) is 0 Å². The molecule has 5 rings (SSSR count). The second kappa shape index (κ2) is 7.46. The molecule has 0 bridgehead atoms. The van der Waals surface area contributed by atoms with Gasteiger partial charge in [0.2, 0.25) is 0 Å².